The van der Waals surface area contributed by atoms with Crippen molar-refractivity contribution in [3.63, 3.8) is 0 Å². The fourth-order valence-corrected chi connectivity index (χ4v) is 3.80. The van der Waals surface area contributed by atoms with Crippen molar-refractivity contribution >= 4 is 27.5 Å². The lowest BCUT2D eigenvalue weighted by atomic mass is 10.1. The van der Waals surface area contributed by atoms with E-state index in [1.165, 1.54) is 24.5 Å². The Bertz CT molecular complexity index is 1070. The molecular formula is C18H15N5O2S. The smallest absolute Gasteiger partial charge is 0.264 e. The first-order valence-electron chi connectivity index (χ1n) is 7.89. The monoisotopic (exact) mass is 365 g/mol. The molecule has 0 saturated carbocycles. The van der Waals surface area contributed by atoms with Crippen LogP contribution in [0.1, 0.15) is 11.1 Å². The highest BCUT2D eigenvalue weighted by atomic mass is 32.2. The molecule has 3 aromatic rings. The molecular weight excluding hydrogens is 350 g/mol. The Morgan fingerprint density at radius 3 is 2.35 bits per heavy atom. The Kier molecular flexibility index (Phi) is 3.89. The second-order valence-corrected chi connectivity index (χ2v) is 7.45. The van der Waals surface area contributed by atoms with E-state index in [0.717, 1.165) is 16.8 Å². The van der Waals surface area contributed by atoms with E-state index in [0.29, 0.717) is 12.4 Å². The van der Waals surface area contributed by atoms with Crippen LogP contribution in [-0.4, -0.2) is 24.2 Å². The van der Waals surface area contributed by atoms with E-state index in [1.54, 1.807) is 18.2 Å². The third-order valence-corrected chi connectivity index (χ3v) is 5.47. The van der Waals surface area contributed by atoms with Crippen LogP contribution >= 0.6 is 0 Å². The average molecular weight is 365 g/mol. The summed E-state index contributed by atoms with van der Waals surface area (Å²) in [7, 11) is -3.77. The van der Waals surface area contributed by atoms with E-state index in [-0.39, 0.29) is 10.8 Å². The van der Waals surface area contributed by atoms with Crippen LogP contribution in [0.25, 0.3) is 0 Å². The zero-order valence-electron chi connectivity index (χ0n) is 13.6. The number of hydrogen-bond donors (Lipinski definition) is 2. The van der Waals surface area contributed by atoms with Crippen molar-refractivity contribution in [1.29, 1.82) is 5.41 Å². The number of aromatic nitrogens is 2. The fraction of sp³-hybridized carbons (Fsp3) is 0.0556. The Hall–Kier alpha value is -3.26. The van der Waals surface area contributed by atoms with Crippen molar-refractivity contribution < 1.29 is 8.42 Å². The van der Waals surface area contributed by atoms with Crippen LogP contribution < -0.4 is 9.62 Å². The highest BCUT2D eigenvalue weighted by Crippen LogP contribution is 2.28. The zero-order chi connectivity index (χ0) is 18.1. The van der Waals surface area contributed by atoms with Crippen LogP contribution in [0.4, 0.5) is 11.6 Å². The first-order valence-corrected chi connectivity index (χ1v) is 9.37. The van der Waals surface area contributed by atoms with Crippen molar-refractivity contribution in [2.45, 2.75) is 11.4 Å². The molecule has 130 valence electrons. The normalized spacial score (nSPS) is 13.5. The zero-order valence-corrected chi connectivity index (χ0v) is 14.4. The van der Waals surface area contributed by atoms with Gasteiger partial charge in [-0.3, -0.25) is 5.41 Å². The number of anilines is 2. The van der Waals surface area contributed by atoms with Gasteiger partial charge < -0.3 is 4.90 Å². The highest BCUT2D eigenvalue weighted by molar-refractivity contribution is 7.92. The minimum absolute atomic E-state index is 0.0216. The van der Waals surface area contributed by atoms with Gasteiger partial charge in [-0.1, -0.05) is 24.3 Å². The minimum Gasteiger partial charge on any atom is -0.322 e. The van der Waals surface area contributed by atoms with Gasteiger partial charge in [-0.15, -0.1) is 0 Å². The molecule has 0 spiro atoms. The summed E-state index contributed by atoms with van der Waals surface area (Å²) in [5, 5.41) is 8.33. The molecule has 2 N–H and O–H groups in total. The summed E-state index contributed by atoms with van der Waals surface area (Å²) in [6.45, 7) is 0.594. The van der Waals surface area contributed by atoms with E-state index in [2.05, 4.69) is 14.7 Å². The molecule has 0 aliphatic carbocycles. The maximum Gasteiger partial charge on any atom is 0.264 e. The fourth-order valence-electron chi connectivity index (χ4n) is 2.84. The van der Waals surface area contributed by atoms with Gasteiger partial charge in [0.1, 0.15) is 5.84 Å². The molecule has 0 fully saturated rings. The van der Waals surface area contributed by atoms with Crippen molar-refractivity contribution in [3.8, 4) is 0 Å². The lowest BCUT2D eigenvalue weighted by Gasteiger charge is -2.18. The predicted molar refractivity (Wildman–Crippen MR) is 98.7 cm³/mol. The summed E-state index contributed by atoms with van der Waals surface area (Å²) in [6, 6.07) is 15.8. The number of nitrogens with one attached hydrogen (secondary N) is 2. The molecule has 1 aromatic heterocycles. The number of fused-ring (bicyclic) bond motifs is 1. The van der Waals surface area contributed by atoms with Gasteiger partial charge in [-0.05, 0) is 35.9 Å². The third kappa shape index (κ3) is 2.91. The van der Waals surface area contributed by atoms with E-state index in [4.69, 9.17) is 5.41 Å². The van der Waals surface area contributed by atoms with Crippen LogP contribution in [0.2, 0.25) is 0 Å². The van der Waals surface area contributed by atoms with Gasteiger partial charge in [0.15, 0.2) is 0 Å². The molecule has 4 rings (SSSR count). The van der Waals surface area contributed by atoms with Crippen molar-refractivity contribution in [2.24, 2.45) is 0 Å². The summed E-state index contributed by atoms with van der Waals surface area (Å²) >= 11 is 0. The molecule has 2 aromatic carbocycles. The minimum atomic E-state index is -3.77. The second kappa shape index (κ2) is 6.23. The van der Waals surface area contributed by atoms with Gasteiger partial charge in [-0.2, -0.15) is 0 Å². The summed E-state index contributed by atoms with van der Waals surface area (Å²) in [5.41, 5.74) is 2.74. The van der Waals surface area contributed by atoms with Crippen molar-refractivity contribution in [3.05, 3.63) is 78.1 Å². The summed E-state index contributed by atoms with van der Waals surface area (Å²) in [4.78, 5) is 9.68. The van der Waals surface area contributed by atoms with E-state index in [1.807, 2.05) is 29.2 Å². The number of rotatable bonds is 4. The maximum absolute atomic E-state index is 12.4. The quantitative estimate of drug-likeness (QED) is 0.740. The molecule has 0 unspecified atom stereocenters. The first-order chi connectivity index (χ1) is 12.5. The molecule has 7 nitrogen and oxygen atoms in total. The maximum atomic E-state index is 12.4. The van der Waals surface area contributed by atoms with Gasteiger partial charge in [0.05, 0.1) is 11.4 Å². The van der Waals surface area contributed by atoms with Gasteiger partial charge in [0, 0.05) is 23.6 Å². The number of nitrogens with zero attached hydrogens (tertiary/aromatic N) is 3. The number of hydrogen-bond acceptors (Lipinski definition) is 5. The number of amidine groups is 1. The molecule has 0 atom stereocenters. The van der Waals surface area contributed by atoms with Gasteiger partial charge in [0.2, 0.25) is 5.95 Å². The molecule has 1 aliphatic heterocycles. The molecule has 26 heavy (non-hydrogen) atoms. The van der Waals surface area contributed by atoms with Gasteiger partial charge in [-0.25, -0.2) is 23.1 Å². The molecule has 0 amide bonds. The van der Waals surface area contributed by atoms with Crippen LogP contribution in [0.3, 0.4) is 0 Å². The van der Waals surface area contributed by atoms with E-state index in [9.17, 15) is 8.42 Å². The van der Waals surface area contributed by atoms with Gasteiger partial charge in [0.25, 0.3) is 10.0 Å². The Morgan fingerprint density at radius 2 is 1.65 bits per heavy atom. The number of benzene rings is 2. The lowest BCUT2D eigenvalue weighted by molar-refractivity contribution is 0.601. The van der Waals surface area contributed by atoms with Crippen LogP contribution in [0.15, 0.2) is 71.9 Å². The van der Waals surface area contributed by atoms with Crippen molar-refractivity contribution in [2.75, 3.05) is 9.62 Å². The summed E-state index contributed by atoms with van der Waals surface area (Å²) < 4.78 is 27.2. The highest BCUT2D eigenvalue weighted by Gasteiger charge is 2.25. The van der Waals surface area contributed by atoms with Crippen LogP contribution in [-0.2, 0) is 16.6 Å². The van der Waals surface area contributed by atoms with Crippen LogP contribution in [0, 0.1) is 5.41 Å². The summed E-state index contributed by atoms with van der Waals surface area (Å²) in [6.07, 6.45) is 2.93. The molecule has 2 heterocycles. The van der Waals surface area contributed by atoms with E-state index >= 15 is 0 Å². The number of sulfonamides is 1. The van der Waals surface area contributed by atoms with Gasteiger partial charge >= 0.3 is 0 Å². The molecule has 1 aliphatic rings. The Labute approximate surface area is 150 Å². The SMILES string of the molecule is N=C1c2ccccc2CN1c1ccc(S(=O)(=O)Nc2ncccn2)cc1. The standard InChI is InChI=1S/C18H15N5O2S/c19-17-16-5-2-1-4-13(16)12-23(17)14-6-8-15(9-7-14)26(24,25)22-18-20-10-3-11-21-18/h1-11,19H,12H2,(H,20,21,22). The van der Waals surface area contributed by atoms with Crippen LogP contribution in [0.5, 0.6) is 0 Å². The summed E-state index contributed by atoms with van der Waals surface area (Å²) in [5.74, 6) is 0.431. The molecule has 0 bridgehead atoms. The molecule has 0 saturated heterocycles. The van der Waals surface area contributed by atoms with Crippen molar-refractivity contribution in [1.82, 2.24) is 9.97 Å². The average Bonchev–Trinajstić information content (AvgIpc) is 2.99. The lowest BCUT2D eigenvalue weighted by Crippen LogP contribution is -2.23. The topological polar surface area (TPSA) is 99.0 Å². The Balaban J connectivity index is 1.57. The van der Waals surface area contributed by atoms with E-state index < -0.39 is 10.0 Å². The molecule has 8 heteroatoms. The first kappa shape index (κ1) is 16.2. The largest absolute Gasteiger partial charge is 0.322 e. The Morgan fingerprint density at radius 1 is 0.962 bits per heavy atom. The predicted octanol–water partition coefficient (Wildman–Crippen LogP) is 2.62. The molecule has 0 radical (unpaired) electrons. The second-order valence-electron chi connectivity index (χ2n) is 5.76. The third-order valence-electron chi connectivity index (χ3n) is 4.12.